The van der Waals surface area contributed by atoms with Crippen LogP contribution in [0, 0.1) is 0 Å². The highest BCUT2D eigenvalue weighted by Gasteiger charge is 2.03. The Morgan fingerprint density at radius 2 is 2.04 bits per heavy atom. The van der Waals surface area contributed by atoms with Gasteiger partial charge in [0.25, 0.3) is 0 Å². The average molecular weight is 336 g/mol. The molecule has 6 heteroatoms. The largest absolute Gasteiger partial charge is 0.329 e. The highest BCUT2D eigenvalue weighted by molar-refractivity contribution is 7.99. The number of carbonyl (C=O) groups excluding carboxylic acids is 1. The average Bonchev–Trinajstić information content (AvgIpc) is 3.01. The molecule has 0 aliphatic carbocycles. The third kappa shape index (κ3) is 4.33. The third-order valence-corrected chi connectivity index (χ3v) is 4.30. The van der Waals surface area contributed by atoms with E-state index in [-0.39, 0.29) is 5.91 Å². The number of aryl methyl sites for hydroxylation is 1. The van der Waals surface area contributed by atoms with Crippen LogP contribution in [0.5, 0.6) is 0 Å². The summed E-state index contributed by atoms with van der Waals surface area (Å²) < 4.78 is 1.96. The molecule has 0 bridgehead atoms. The summed E-state index contributed by atoms with van der Waals surface area (Å²) in [6.45, 7) is 0. The molecule has 3 rings (SSSR count). The zero-order valence-corrected chi connectivity index (χ0v) is 13.9. The van der Waals surface area contributed by atoms with Gasteiger partial charge in [-0.2, -0.15) is 0 Å². The molecule has 2 heterocycles. The van der Waals surface area contributed by atoms with E-state index in [1.165, 1.54) is 6.08 Å². The molecule has 5 nitrogen and oxygen atoms in total. The normalized spacial score (nSPS) is 10.9. The third-order valence-electron chi connectivity index (χ3n) is 3.22. The summed E-state index contributed by atoms with van der Waals surface area (Å²) in [6.07, 6.45) is 10.3. The predicted octanol–water partition coefficient (Wildman–Crippen LogP) is 3.62. The Hall–Kier alpha value is -2.86. The molecule has 0 aliphatic rings. The highest BCUT2D eigenvalue weighted by Crippen LogP contribution is 2.26. The van der Waals surface area contributed by atoms with E-state index < -0.39 is 0 Å². The minimum Gasteiger partial charge on any atom is -0.329 e. The van der Waals surface area contributed by atoms with E-state index in [1.807, 2.05) is 54.2 Å². The number of pyridine rings is 1. The van der Waals surface area contributed by atoms with Crippen molar-refractivity contribution in [3.63, 3.8) is 0 Å². The van der Waals surface area contributed by atoms with E-state index in [1.54, 1.807) is 36.4 Å². The SMILES string of the molecule is Cn1ccnc1Sc1ccc(NC(=O)/C=C/c2cccnc2)cc1. The molecule has 1 amide bonds. The van der Waals surface area contributed by atoms with Crippen LogP contribution in [0.2, 0.25) is 0 Å². The summed E-state index contributed by atoms with van der Waals surface area (Å²) in [5.41, 5.74) is 1.63. The van der Waals surface area contributed by atoms with Crippen LogP contribution in [-0.2, 0) is 11.8 Å². The molecule has 0 atom stereocenters. The summed E-state index contributed by atoms with van der Waals surface area (Å²) in [4.78, 5) is 21.3. The zero-order valence-electron chi connectivity index (χ0n) is 13.1. The number of imidazole rings is 1. The fraction of sp³-hybridized carbons (Fsp3) is 0.0556. The predicted molar refractivity (Wildman–Crippen MR) is 95.7 cm³/mol. The van der Waals surface area contributed by atoms with Gasteiger partial charge in [-0.3, -0.25) is 9.78 Å². The number of amides is 1. The van der Waals surface area contributed by atoms with Crippen LogP contribution >= 0.6 is 11.8 Å². The van der Waals surface area contributed by atoms with Crippen LogP contribution in [0.3, 0.4) is 0 Å². The summed E-state index contributed by atoms with van der Waals surface area (Å²) in [7, 11) is 1.96. The number of rotatable bonds is 5. The van der Waals surface area contributed by atoms with Gasteiger partial charge in [-0.25, -0.2) is 4.98 Å². The van der Waals surface area contributed by atoms with Crippen molar-refractivity contribution in [1.82, 2.24) is 14.5 Å². The lowest BCUT2D eigenvalue weighted by Gasteiger charge is -2.05. The summed E-state index contributed by atoms with van der Waals surface area (Å²) in [5, 5.41) is 3.76. The Labute approximate surface area is 144 Å². The van der Waals surface area contributed by atoms with Gasteiger partial charge in [-0.05, 0) is 42.0 Å². The molecule has 0 aliphatic heterocycles. The van der Waals surface area contributed by atoms with E-state index in [2.05, 4.69) is 15.3 Å². The lowest BCUT2D eigenvalue weighted by Crippen LogP contribution is -2.07. The number of hydrogen-bond acceptors (Lipinski definition) is 4. The second kappa shape index (κ2) is 7.61. The van der Waals surface area contributed by atoms with E-state index >= 15 is 0 Å². The number of hydrogen-bond donors (Lipinski definition) is 1. The molecular formula is C18H16N4OS. The molecule has 3 aromatic rings. The standard InChI is InChI=1S/C18H16N4OS/c1-22-12-11-20-18(22)24-16-7-5-15(6-8-16)21-17(23)9-4-14-3-2-10-19-13-14/h2-13H,1H3,(H,21,23)/b9-4+. The summed E-state index contributed by atoms with van der Waals surface area (Å²) in [6, 6.07) is 11.4. The van der Waals surface area contributed by atoms with E-state index in [4.69, 9.17) is 0 Å². The van der Waals surface area contributed by atoms with Gasteiger partial charge in [0.15, 0.2) is 5.16 Å². The van der Waals surface area contributed by atoms with Crippen LogP contribution in [0.25, 0.3) is 6.08 Å². The Bertz CT molecular complexity index is 841. The number of benzene rings is 1. The van der Waals surface area contributed by atoms with Gasteiger partial charge in [0, 0.05) is 48.5 Å². The zero-order chi connectivity index (χ0) is 16.8. The maximum absolute atomic E-state index is 11.9. The Morgan fingerprint density at radius 1 is 1.21 bits per heavy atom. The second-order valence-electron chi connectivity index (χ2n) is 5.06. The van der Waals surface area contributed by atoms with Gasteiger partial charge in [0.05, 0.1) is 0 Å². The molecule has 0 saturated carbocycles. The molecule has 1 N–H and O–H groups in total. The Kier molecular flexibility index (Phi) is 5.08. The van der Waals surface area contributed by atoms with Crippen molar-refractivity contribution >= 4 is 29.4 Å². The van der Waals surface area contributed by atoms with Crippen molar-refractivity contribution < 1.29 is 4.79 Å². The smallest absolute Gasteiger partial charge is 0.248 e. The van der Waals surface area contributed by atoms with Crippen molar-refractivity contribution in [2.45, 2.75) is 10.1 Å². The number of aromatic nitrogens is 3. The Morgan fingerprint density at radius 3 is 2.71 bits per heavy atom. The highest BCUT2D eigenvalue weighted by atomic mass is 32.2. The van der Waals surface area contributed by atoms with Crippen molar-refractivity contribution in [2.75, 3.05) is 5.32 Å². The number of nitrogens with one attached hydrogen (secondary N) is 1. The molecule has 0 unspecified atom stereocenters. The maximum Gasteiger partial charge on any atom is 0.248 e. The molecular weight excluding hydrogens is 320 g/mol. The minimum absolute atomic E-state index is 0.177. The molecule has 0 spiro atoms. The molecule has 0 fully saturated rings. The van der Waals surface area contributed by atoms with E-state index in [0.717, 1.165) is 21.3 Å². The van der Waals surface area contributed by atoms with E-state index in [9.17, 15) is 4.79 Å². The first-order valence-corrected chi connectivity index (χ1v) is 8.17. The lowest BCUT2D eigenvalue weighted by atomic mass is 10.2. The first-order valence-electron chi connectivity index (χ1n) is 7.35. The van der Waals surface area contributed by atoms with Gasteiger partial charge in [-0.1, -0.05) is 17.8 Å². The van der Waals surface area contributed by atoms with Crippen LogP contribution in [-0.4, -0.2) is 20.4 Å². The molecule has 0 saturated heterocycles. The fourth-order valence-electron chi connectivity index (χ4n) is 1.99. The summed E-state index contributed by atoms with van der Waals surface area (Å²) >= 11 is 1.57. The Balaban J connectivity index is 1.59. The second-order valence-corrected chi connectivity index (χ2v) is 6.10. The van der Waals surface area contributed by atoms with Crippen LogP contribution < -0.4 is 5.32 Å². The van der Waals surface area contributed by atoms with Crippen LogP contribution in [0.1, 0.15) is 5.56 Å². The van der Waals surface area contributed by atoms with Crippen molar-refractivity contribution in [2.24, 2.45) is 7.05 Å². The summed E-state index contributed by atoms with van der Waals surface area (Å²) in [5.74, 6) is -0.177. The van der Waals surface area contributed by atoms with Gasteiger partial charge < -0.3 is 9.88 Å². The maximum atomic E-state index is 11.9. The molecule has 120 valence electrons. The number of carbonyl (C=O) groups is 1. The number of anilines is 1. The first-order chi connectivity index (χ1) is 11.7. The molecule has 0 radical (unpaired) electrons. The topological polar surface area (TPSA) is 59.8 Å². The first kappa shape index (κ1) is 16.0. The van der Waals surface area contributed by atoms with Gasteiger partial charge in [0.1, 0.15) is 0 Å². The number of nitrogens with zero attached hydrogens (tertiary/aromatic N) is 3. The van der Waals surface area contributed by atoms with Gasteiger partial charge in [0.2, 0.25) is 5.91 Å². The molecule has 1 aromatic carbocycles. The quantitative estimate of drug-likeness (QED) is 0.723. The lowest BCUT2D eigenvalue weighted by molar-refractivity contribution is -0.111. The molecule has 24 heavy (non-hydrogen) atoms. The monoisotopic (exact) mass is 336 g/mol. The van der Waals surface area contributed by atoms with Crippen LogP contribution in [0.15, 0.2) is 77.3 Å². The van der Waals surface area contributed by atoms with Crippen LogP contribution in [0.4, 0.5) is 5.69 Å². The van der Waals surface area contributed by atoms with Crippen molar-refractivity contribution in [1.29, 1.82) is 0 Å². The minimum atomic E-state index is -0.177. The van der Waals surface area contributed by atoms with Gasteiger partial charge in [-0.15, -0.1) is 0 Å². The molecule has 2 aromatic heterocycles. The van der Waals surface area contributed by atoms with Gasteiger partial charge >= 0.3 is 0 Å². The van der Waals surface area contributed by atoms with E-state index in [0.29, 0.717) is 0 Å². The fourth-order valence-corrected chi connectivity index (χ4v) is 2.79. The van der Waals surface area contributed by atoms with Crippen molar-refractivity contribution in [3.8, 4) is 0 Å². The van der Waals surface area contributed by atoms with Crippen molar-refractivity contribution in [3.05, 3.63) is 72.8 Å².